The van der Waals surface area contributed by atoms with Gasteiger partial charge in [-0.15, -0.1) is 0 Å². The van der Waals surface area contributed by atoms with Gasteiger partial charge in [0.15, 0.2) is 0 Å². The normalized spacial score (nSPS) is 15.3. The summed E-state index contributed by atoms with van der Waals surface area (Å²) in [6.07, 6.45) is 2.59. The van der Waals surface area contributed by atoms with Crippen LogP contribution in [0.15, 0.2) is 36.4 Å². The number of nitrogens with zero attached hydrogens (tertiary/aromatic N) is 2. The lowest BCUT2D eigenvalue weighted by atomic mass is 10.1. The molecule has 2 aromatic carbocycles. The number of anilines is 2. The van der Waals surface area contributed by atoms with E-state index in [4.69, 9.17) is 0 Å². The van der Waals surface area contributed by atoms with Gasteiger partial charge in [-0.2, -0.15) is 0 Å². The number of amides is 2. The molecular formula is C22H18F2N2O4. The summed E-state index contributed by atoms with van der Waals surface area (Å²) >= 11 is 0. The molecule has 8 heteroatoms. The Morgan fingerprint density at radius 1 is 0.600 bits per heavy atom. The highest BCUT2D eigenvalue weighted by Crippen LogP contribution is 2.31. The molecule has 0 fully saturated rings. The molecule has 2 heterocycles. The number of benzene rings is 2. The largest absolute Gasteiger partial charge is 0.305 e. The molecule has 0 unspecified atom stereocenters. The number of rotatable bonds is 7. The van der Waals surface area contributed by atoms with E-state index in [9.17, 15) is 28.0 Å². The summed E-state index contributed by atoms with van der Waals surface area (Å²) in [6, 6.07) is 7.32. The minimum absolute atomic E-state index is 0.213. The number of fused-ring (bicyclic) bond motifs is 2. The van der Waals surface area contributed by atoms with Crippen LogP contribution in [0.1, 0.15) is 46.4 Å². The van der Waals surface area contributed by atoms with Gasteiger partial charge in [0.05, 0.1) is 22.5 Å². The summed E-state index contributed by atoms with van der Waals surface area (Å²) < 4.78 is 27.0. The Hall–Kier alpha value is -3.42. The van der Waals surface area contributed by atoms with Crippen molar-refractivity contribution in [3.8, 4) is 0 Å². The van der Waals surface area contributed by atoms with Crippen molar-refractivity contribution in [1.29, 1.82) is 0 Å². The van der Waals surface area contributed by atoms with Gasteiger partial charge in [0.2, 0.25) is 0 Å². The predicted molar refractivity (Wildman–Crippen MR) is 105 cm³/mol. The molecule has 4 rings (SSSR count). The number of carbonyl (C=O) groups excluding carboxylic acids is 4. The van der Waals surface area contributed by atoms with Crippen LogP contribution in [0.25, 0.3) is 0 Å². The fourth-order valence-electron chi connectivity index (χ4n) is 3.87. The molecule has 2 amide bonds. The molecule has 0 atom stereocenters. The molecule has 2 aromatic rings. The van der Waals surface area contributed by atoms with E-state index in [1.165, 1.54) is 34.1 Å². The minimum atomic E-state index is -0.657. The van der Waals surface area contributed by atoms with Crippen molar-refractivity contribution in [2.45, 2.75) is 25.7 Å². The quantitative estimate of drug-likeness (QED) is 0.517. The third-order valence-electron chi connectivity index (χ3n) is 5.38. The van der Waals surface area contributed by atoms with Crippen molar-refractivity contribution in [2.75, 3.05) is 22.9 Å². The standard InChI is InChI=1S/C22H18F2N2O4/c23-13-5-7-15-17(11-13)25(21(29)19(15)27)9-3-1-2-4-10-26-18-12-14(24)6-8-16(18)20(28)22(26)30/h5-8,11-12H,1-4,9-10H2. The van der Waals surface area contributed by atoms with Gasteiger partial charge < -0.3 is 9.80 Å². The van der Waals surface area contributed by atoms with Crippen LogP contribution in [0.5, 0.6) is 0 Å². The summed E-state index contributed by atoms with van der Waals surface area (Å²) in [5, 5.41) is 0. The zero-order valence-electron chi connectivity index (χ0n) is 16.0. The van der Waals surface area contributed by atoms with Gasteiger partial charge in [-0.3, -0.25) is 19.2 Å². The molecule has 0 N–H and O–H groups in total. The smallest absolute Gasteiger partial charge is 0.299 e. The summed E-state index contributed by atoms with van der Waals surface area (Å²) in [6.45, 7) is 0.576. The van der Waals surface area contributed by atoms with Crippen LogP contribution in [0.2, 0.25) is 0 Å². The Morgan fingerprint density at radius 3 is 1.40 bits per heavy atom. The molecule has 2 aliphatic rings. The highest BCUT2D eigenvalue weighted by molar-refractivity contribution is 6.52. The zero-order chi connectivity index (χ0) is 21.4. The van der Waals surface area contributed by atoms with E-state index >= 15 is 0 Å². The summed E-state index contributed by atoms with van der Waals surface area (Å²) in [4.78, 5) is 50.8. The maximum Gasteiger partial charge on any atom is 0.299 e. The maximum absolute atomic E-state index is 13.5. The first-order chi connectivity index (χ1) is 14.4. The Kier molecular flexibility index (Phi) is 5.15. The molecular weight excluding hydrogens is 394 g/mol. The lowest BCUT2D eigenvalue weighted by Crippen LogP contribution is -2.31. The zero-order valence-corrected chi connectivity index (χ0v) is 16.0. The third kappa shape index (κ3) is 3.38. The second-order valence-corrected chi connectivity index (χ2v) is 7.31. The topological polar surface area (TPSA) is 74.8 Å². The molecule has 2 aliphatic heterocycles. The molecule has 30 heavy (non-hydrogen) atoms. The number of halogens is 2. The van der Waals surface area contributed by atoms with E-state index in [1.54, 1.807) is 0 Å². The number of Topliss-reactive ketones (excluding diaryl/α,β-unsaturated/α-hetero) is 2. The molecule has 0 spiro atoms. The molecule has 0 bridgehead atoms. The van der Waals surface area contributed by atoms with E-state index in [1.807, 2.05) is 0 Å². The first-order valence-electron chi connectivity index (χ1n) is 9.70. The number of hydrogen-bond acceptors (Lipinski definition) is 4. The van der Waals surface area contributed by atoms with E-state index in [2.05, 4.69) is 0 Å². The molecule has 0 aliphatic carbocycles. The van der Waals surface area contributed by atoms with Gasteiger partial charge in [0, 0.05) is 13.1 Å². The average Bonchev–Trinajstić information content (AvgIpc) is 3.09. The number of hydrogen-bond donors (Lipinski definition) is 0. The van der Waals surface area contributed by atoms with Gasteiger partial charge in [0.1, 0.15) is 11.6 Å². The summed E-state index contributed by atoms with van der Waals surface area (Å²) in [5.41, 5.74) is 1.02. The fourth-order valence-corrected chi connectivity index (χ4v) is 3.87. The lowest BCUT2D eigenvalue weighted by molar-refractivity contribution is -0.115. The first-order valence-corrected chi connectivity index (χ1v) is 9.70. The van der Waals surface area contributed by atoms with Crippen molar-refractivity contribution >= 4 is 34.8 Å². The second-order valence-electron chi connectivity index (χ2n) is 7.31. The van der Waals surface area contributed by atoms with E-state index < -0.39 is 35.0 Å². The predicted octanol–water partition coefficient (Wildman–Crippen LogP) is 3.28. The Balaban J connectivity index is 1.28. The van der Waals surface area contributed by atoms with Crippen LogP contribution < -0.4 is 9.80 Å². The molecule has 0 aromatic heterocycles. The maximum atomic E-state index is 13.5. The number of carbonyl (C=O) groups is 4. The van der Waals surface area contributed by atoms with Crippen molar-refractivity contribution in [3.63, 3.8) is 0 Å². The molecule has 0 radical (unpaired) electrons. The third-order valence-corrected chi connectivity index (χ3v) is 5.38. The van der Waals surface area contributed by atoms with Crippen LogP contribution >= 0.6 is 0 Å². The fraction of sp³-hybridized carbons (Fsp3) is 0.273. The molecule has 6 nitrogen and oxygen atoms in total. The van der Waals surface area contributed by atoms with Crippen LogP contribution in [0, 0.1) is 11.6 Å². The second kappa shape index (κ2) is 7.78. The summed E-state index contributed by atoms with van der Waals surface area (Å²) in [7, 11) is 0. The lowest BCUT2D eigenvalue weighted by Gasteiger charge is -2.18. The van der Waals surface area contributed by atoms with Crippen LogP contribution in [-0.4, -0.2) is 36.5 Å². The highest BCUT2D eigenvalue weighted by atomic mass is 19.1. The Morgan fingerprint density at radius 2 is 1.00 bits per heavy atom. The molecule has 154 valence electrons. The molecule has 0 saturated carbocycles. The van der Waals surface area contributed by atoms with Gasteiger partial charge in [-0.05, 0) is 49.2 Å². The van der Waals surface area contributed by atoms with E-state index in [0.29, 0.717) is 37.1 Å². The van der Waals surface area contributed by atoms with Crippen molar-refractivity contribution < 1.29 is 28.0 Å². The average molecular weight is 412 g/mol. The Bertz CT molecular complexity index is 997. The number of ketones is 2. The van der Waals surface area contributed by atoms with Gasteiger partial charge in [-0.25, -0.2) is 8.78 Å². The first kappa shape index (κ1) is 19.9. The summed E-state index contributed by atoms with van der Waals surface area (Å²) in [5.74, 6) is -3.60. The van der Waals surface area contributed by atoms with Crippen molar-refractivity contribution in [3.05, 3.63) is 59.2 Å². The molecule has 0 saturated heterocycles. The highest BCUT2D eigenvalue weighted by Gasteiger charge is 2.36. The van der Waals surface area contributed by atoms with Crippen molar-refractivity contribution in [1.82, 2.24) is 0 Å². The van der Waals surface area contributed by atoms with Crippen molar-refractivity contribution in [2.24, 2.45) is 0 Å². The SMILES string of the molecule is O=C1C(=O)N(CCCCCCN2C(=O)C(=O)c3ccc(F)cc32)c2cc(F)ccc21. The monoisotopic (exact) mass is 412 g/mol. The van der Waals surface area contributed by atoms with E-state index in [0.717, 1.165) is 12.1 Å². The van der Waals surface area contributed by atoms with Crippen LogP contribution in [0.4, 0.5) is 20.2 Å². The van der Waals surface area contributed by atoms with Crippen LogP contribution in [-0.2, 0) is 9.59 Å². The van der Waals surface area contributed by atoms with E-state index in [-0.39, 0.29) is 24.2 Å². The minimum Gasteiger partial charge on any atom is -0.305 e. The van der Waals surface area contributed by atoms with Gasteiger partial charge in [-0.1, -0.05) is 12.8 Å². The number of unbranched alkanes of at least 4 members (excludes halogenated alkanes) is 3. The van der Waals surface area contributed by atoms with Crippen LogP contribution in [0.3, 0.4) is 0 Å². The van der Waals surface area contributed by atoms with Gasteiger partial charge >= 0.3 is 0 Å². The Labute approximate surface area is 171 Å². The van der Waals surface area contributed by atoms with Gasteiger partial charge in [0.25, 0.3) is 23.4 Å².